The van der Waals surface area contributed by atoms with Gasteiger partial charge < -0.3 is 9.98 Å². The summed E-state index contributed by atoms with van der Waals surface area (Å²) in [6.07, 6.45) is 11.8. The van der Waals surface area contributed by atoms with Crippen LogP contribution in [-0.4, -0.2) is 16.5 Å². The second-order valence-corrected chi connectivity index (χ2v) is 11.9. The minimum absolute atomic E-state index is 0.380. The lowest BCUT2D eigenvalue weighted by atomic mass is 9.80. The van der Waals surface area contributed by atoms with Gasteiger partial charge in [-0.2, -0.15) is 0 Å². The Labute approximate surface area is 260 Å². The molecular formula is C41H37N3. The second kappa shape index (κ2) is 11.2. The first-order valence-corrected chi connectivity index (χ1v) is 15.6. The Bertz CT molecular complexity index is 2060. The molecular weight excluding hydrogens is 534 g/mol. The van der Waals surface area contributed by atoms with Gasteiger partial charge in [0.2, 0.25) is 0 Å². The van der Waals surface area contributed by atoms with Crippen LogP contribution in [0.4, 0.5) is 0 Å². The highest BCUT2D eigenvalue weighted by Crippen LogP contribution is 2.47. The van der Waals surface area contributed by atoms with Crippen molar-refractivity contribution in [2.75, 3.05) is 0 Å². The minimum Gasteiger partial charge on any atom is -0.309 e. The third-order valence-electron chi connectivity index (χ3n) is 9.33. The van der Waals surface area contributed by atoms with Gasteiger partial charge in [0.1, 0.15) is 0 Å². The van der Waals surface area contributed by atoms with E-state index >= 15 is 0 Å². The lowest BCUT2D eigenvalue weighted by molar-refractivity contribution is 0.738. The number of nitrogens with zero attached hydrogens (tertiary/aromatic N) is 2. The molecule has 0 bridgehead atoms. The van der Waals surface area contributed by atoms with Crippen LogP contribution in [0, 0.1) is 5.41 Å². The maximum Gasteiger partial charge on any atom is 0.0723 e. The Balaban J connectivity index is 1.48. The van der Waals surface area contributed by atoms with Crippen LogP contribution >= 0.6 is 0 Å². The van der Waals surface area contributed by atoms with Crippen molar-refractivity contribution >= 4 is 39.9 Å². The summed E-state index contributed by atoms with van der Waals surface area (Å²) in [5, 5.41) is 10.4. The molecule has 0 saturated carbocycles. The van der Waals surface area contributed by atoms with Crippen LogP contribution in [-0.2, 0) is 12.8 Å². The smallest absolute Gasteiger partial charge is 0.0723 e. The molecule has 2 aliphatic rings. The first-order chi connectivity index (χ1) is 21.5. The Morgan fingerprint density at radius 3 is 2.36 bits per heavy atom. The van der Waals surface area contributed by atoms with Crippen LogP contribution in [0.1, 0.15) is 72.7 Å². The van der Waals surface area contributed by atoms with Crippen LogP contribution < -0.4 is 0 Å². The standard InChI is InChI=1S/C41H37N3/c1-5-28(25-42)29-16-17-34-30(24-29)22-27(4)40-32(6-2)39(44(41(34)40)31-12-8-7-9-13-31)23-26(3)33-18-19-37(38-20-21-43-38)36-15-11-10-14-35(33)36/h5,7-21,23-25,27,42H,6,22H2,1-4H3/b26-23+,28-5+,42-25?. The third-order valence-corrected chi connectivity index (χ3v) is 9.33. The molecule has 0 saturated heterocycles. The molecule has 0 amide bonds. The summed E-state index contributed by atoms with van der Waals surface area (Å²) in [6.45, 7) is 8.93. The molecule has 1 aliphatic carbocycles. The number of rotatable bonds is 7. The molecule has 3 nitrogen and oxygen atoms in total. The molecule has 0 spiro atoms. The van der Waals surface area contributed by atoms with E-state index in [1.54, 1.807) is 0 Å². The van der Waals surface area contributed by atoms with E-state index in [-0.39, 0.29) is 0 Å². The summed E-state index contributed by atoms with van der Waals surface area (Å²) in [6, 6.07) is 30.8. The SMILES string of the molecule is C/C=C(\C=N)c1ccc2c(c1)CC(C)c1c(CC)c(/C=C(\C)c3ccc(C4=NC=C4)c4ccccc34)n(-c3ccccc3)c1-2. The number of fused-ring (bicyclic) bond motifs is 4. The van der Waals surface area contributed by atoms with Crippen molar-refractivity contribution in [3.63, 3.8) is 0 Å². The summed E-state index contributed by atoms with van der Waals surface area (Å²) >= 11 is 0. The van der Waals surface area contributed by atoms with Gasteiger partial charge in [-0.1, -0.05) is 92.7 Å². The quantitative estimate of drug-likeness (QED) is 0.189. The van der Waals surface area contributed by atoms with Crippen molar-refractivity contribution in [3.05, 3.63) is 142 Å². The predicted octanol–water partition coefficient (Wildman–Crippen LogP) is 10.4. The summed E-state index contributed by atoms with van der Waals surface area (Å²) in [4.78, 5) is 4.49. The van der Waals surface area contributed by atoms with Crippen molar-refractivity contribution < 1.29 is 0 Å². The van der Waals surface area contributed by atoms with Gasteiger partial charge in [0.05, 0.1) is 11.4 Å². The van der Waals surface area contributed by atoms with Gasteiger partial charge in [0, 0.05) is 34.9 Å². The first-order valence-electron chi connectivity index (χ1n) is 15.6. The molecule has 0 fully saturated rings. The lowest BCUT2D eigenvalue weighted by Gasteiger charge is -2.26. The second-order valence-electron chi connectivity index (χ2n) is 11.9. The van der Waals surface area contributed by atoms with Gasteiger partial charge in [-0.15, -0.1) is 0 Å². The average molecular weight is 572 g/mol. The zero-order valence-electron chi connectivity index (χ0n) is 25.9. The van der Waals surface area contributed by atoms with Gasteiger partial charge in [-0.05, 0) is 107 Å². The van der Waals surface area contributed by atoms with E-state index in [4.69, 9.17) is 5.41 Å². The molecule has 1 aliphatic heterocycles. The van der Waals surface area contributed by atoms with Crippen molar-refractivity contribution in [1.82, 2.24) is 4.57 Å². The van der Waals surface area contributed by atoms with Crippen molar-refractivity contribution in [2.45, 2.75) is 46.5 Å². The van der Waals surface area contributed by atoms with Gasteiger partial charge in [0.15, 0.2) is 0 Å². The number of benzene rings is 4. The van der Waals surface area contributed by atoms with Crippen molar-refractivity contribution in [2.24, 2.45) is 4.99 Å². The first kappa shape index (κ1) is 27.8. The zero-order valence-corrected chi connectivity index (χ0v) is 25.9. The fourth-order valence-electron chi connectivity index (χ4n) is 7.22. The third kappa shape index (κ3) is 4.43. The molecule has 3 heteroatoms. The van der Waals surface area contributed by atoms with Gasteiger partial charge in [-0.3, -0.25) is 4.99 Å². The number of hydrogen-bond acceptors (Lipinski definition) is 2. The Hall–Kier alpha value is -5.02. The Kier molecular flexibility index (Phi) is 7.10. The van der Waals surface area contributed by atoms with E-state index < -0.39 is 0 Å². The fraction of sp³-hybridized carbons (Fsp3) is 0.171. The number of allylic oxidation sites excluding steroid dienone is 4. The fourth-order valence-corrected chi connectivity index (χ4v) is 7.22. The summed E-state index contributed by atoms with van der Waals surface area (Å²) in [5.74, 6) is 0.380. The largest absolute Gasteiger partial charge is 0.309 e. The normalized spacial score (nSPS) is 15.9. The van der Waals surface area contributed by atoms with Crippen LogP contribution in [0.3, 0.4) is 0 Å². The number of para-hydroxylation sites is 1. The number of nitrogens with one attached hydrogen (secondary N) is 1. The van der Waals surface area contributed by atoms with E-state index in [0.29, 0.717) is 5.92 Å². The van der Waals surface area contributed by atoms with Crippen molar-refractivity contribution in [3.8, 4) is 16.9 Å². The molecule has 1 aromatic heterocycles. The summed E-state index contributed by atoms with van der Waals surface area (Å²) in [7, 11) is 0. The van der Waals surface area contributed by atoms with Crippen LogP contribution in [0.5, 0.6) is 0 Å². The molecule has 5 aromatic rings. The van der Waals surface area contributed by atoms with E-state index in [1.165, 1.54) is 73.0 Å². The molecule has 2 heterocycles. The maximum absolute atomic E-state index is 7.92. The Morgan fingerprint density at radius 2 is 1.68 bits per heavy atom. The van der Waals surface area contributed by atoms with E-state index in [1.807, 2.05) is 19.2 Å². The highest BCUT2D eigenvalue weighted by atomic mass is 15.0. The van der Waals surface area contributed by atoms with Crippen LogP contribution in [0.15, 0.2) is 108 Å². The van der Waals surface area contributed by atoms with Crippen molar-refractivity contribution in [1.29, 1.82) is 5.41 Å². The van der Waals surface area contributed by atoms with Gasteiger partial charge in [0.25, 0.3) is 0 Å². The van der Waals surface area contributed by atoms with Crippen LogP contribution in [0.25, 0.3) is 44.9 Å². The lowest BCUT2D eigenvalue weighted by Crippen LogP contribution is -2.11. The topological polar surface area (TPSA) is 41.1 Å². The minimum atomic E-state index is 0.380. The van der Waals surface area contributed by atoms with E-state index in [9.17, 15) is 0 Å². The number of aliphatic imine (C=N–C) groups is 1. The Morgan fingerprint density at radius 1 is 0.955 bits per heavy atom. The van der Waals surface area contributed by atoms with E-state index in [2.05, 4.69) is 127 Å². The number of hydrogen-bond donors (Lipinski definition) is 1. The monoisotopic (exact) mass is 571 g/mol. The van der Waals surface area contributed by atoms with Gasteiger partial charge >= 0.3 is 0 Å². The molecule has 44 heavy (non-hydrogen) atoms. The average Bonchev–Trinajstić information content (AvgIpc) is 3.35. The number of aromatic nitrogens is 1. The summed E-state index contributed by atoms with van der Waals surface area (Å²) < 4.78 is 2.50. The zero-order chi connectivity index (χ0) is 30.4. The molecule has 1 atom stereocenters. The van der Waals surface area contributed by atoms with Crippen LogP contribution in [0.2, 0.25) is 0 Å². The molecule has 216 valence electrons. The molecule has 7 rings (SSSR count). The molecule has 1 N–H and O–H groups in total. The molecule has 4 aromatic carbocycles. The van der Waals surface area contributed by atoms with Gasteiger partial charge in [-0.25, -0.2) is 0 Å². The molecule has 0 radical (unpaired) electrons. The highest BCUT2D eigenvalue weighted by molar-refractivity contribution is 6.20. The van der Waals surface area contributed by atoms with E-state index in [0.717, 1.165) is 29.7 Å². The predicted molar refractivity (Wildman–Crippen MR) is 188 cm³/mol. The highest BCUT2D eigenvalue weighted by Gasteiger charge is 2.31. The summed E-state index contributed by atoms with van der Waals surface area (Å²) in [5.41, 5.74) is 16.1. The maximum atomic E-state index is 7.92. The molecule has 1 unspecified atom stereocenters.